The zero-order valence-electron chi connectivity index (χ0n) is 9.25. The fourth-order valence-corrected chi connectivity index (χ4v) is 3.06. The molecule has 0 saturated carbocycles. The first-order valence-corrected chi connectivity index (χ1v) is 6.61. The lowest BCUT2D eigenvalue weighted by molar-refractivity contribution is 0.0659. The molecule has 0 spiro atoms. The molecule has 0 saturated heterocycles. The van der Waals surface area contributed by atoms with Crippen LogP contribution in [0.2, 0.25) is 6.04 Å². The van der Waals surface area contributed by atoms with Crippen LogP contribution in [0.4, 0.5) is 0 Å². The number of ether oxygens (including phenoxy) is 1. The number of rotatable bonds is 9. The molecule has 86 valence electrons. The second kappa shape index (κ2) is 8.34. The Bertz CT molecular complexity index is 133. The first-order valence-electron chi connectivity index (χ1n) is 4.68. The first kappa shape index (κ1) is 14.0. The largest absolute Gasteiger partial charge is 0.500 e. The molecule has 0 radical (unpaired) electrons. The smallest absolute Gasteiger partial charge is 0.382 e. The SMILES string of the molecule is COCCO[Si](CCCN)(OC)OC. The van der Waals surface area contributed by atoms with Crippen LogP contribution in [0.5, 0.6) is 0 Å². The minimum Gasteiger partial charge on any atom is -0.382 e. The van der Waals surface area contributed by atoms with Crippen molar-refractivity contribution in [3.63, 3.8) is 0 Å². The van der Waals surface area contributed by atoms with Crippen molar-refractivity contribution in [3.05, 3.63) is 0 Å². The molecule has 14 heavy (non-hydrogen) atoms. The molecule has 5 nitrogen and oxygen atoms in total. The molecule has 0 bridgehead atoms. The molecule has 0 heterocycles. The number of hydrogen-bond donors (Lipinski definition) is 1. The highest BCUT2D eigenvalue weighted by molar-refractivity contribution is 6.60. The predicted octanol–water partition coefficient (Wildman–Crippen LogP) is 0.230. The van der Waals surface area contributed by atoms with Gasteiger partial charge in [-0.1, -0.05) is 0 Å². The van der Waals surface area contributed by atoms with E-state index in [4.69, 9.17) is 23.7 Å². The second-order valence-corrected chi connectivity index (χ2v) is 5.80. The van der Waals surface area contributed by atoms with Gasteiger partial charge in [0.1, 0.15) is 0 Å². The van der Waals surface area contributed by atoms with E-state index in [1.165, 1.54) is 0 Å². The average Bonchev–Trinajstić information content (AvgIpc) is 2.24. The fraction of sp³-hybridized carbons (Fsp3) is 1.00. The van der Waals surface area contributed by atoms with E-state index in [0.29, 0.717) is 19.8 Å². The Kier molecular flexibility index (Phi) is 8.35. The summed E-state index contributed by atoms with van der Waals surface area (Å²) in [5.41, 5.74) is 5.43. The summed E-state index contributed by atoms with van der Waals surface area (Å²) >= 11 is 0. The highest BCUT2D eigenvalue weighted by atomic mass is 28.4. The monoisotopic (exact) mass is 223 g/mol. The molecule has 0 aliphatic carbocycles. The number of hydrogen-bond acceptors (Lipinski definition) is 5. The molecule has 0 aromatic heterocycles. The maximum Gasteiger partial charge on any atom is 0.500 e. The number of nitrogens with two attached hydrogens (primary N) is 1. The van der Waals surface area contributed by atoms with Crippen molar-refractivity contribution in [2.24, 2.45) is 5.73 Å². The van der Waals surface area contributed by atoms with Gasteiger partial charge in [-0.3, -0.25) is 0 Å². The third-order valence-electron chi connectivity index (χ3n) is 1.92. The van der Waals surface area contributed by atoms with Crippen LogP contribution in [-0.2, 0) is 18.0 Å². The summed E-state index contributed by atoms with van der Waals surface area (Å²) in [5.74, 6) is 0. The summed E-state index contributed by atoms with van der Waals surface area (Å²) in [7, 11) is 2.39. The average molecular weight is 223 g/mol. The van der Waals surface area contributed by atoms with Gasteiger partial charge in [0, 0.05) is 27.4 Å². The summed E-state index contributed by atoms with van der Waals surface area (Å²) in [6, 6.07) is 0.750. The molecule has 0 aliphatic rings. The fourth-order valence-electron chi connectivity index (χ4n) is 1.08. The normalized spacial score (nSPS) is 12.0. The quantitative estimate of drug-likeness (QED) is 0.448. The van der Waals surface area contributed by atoms with E-state index in [0.717, 1.165) is 12.5 Å². The minimum absolute atomic E-state index is 0.495. The third kappa shape index (κ3) is 5.04. The molecule has 0 amide bonds. The molecule has 0 rings (SSSR count). The number of methoxy groups -OCH3 is 1. The van der Waals surface area contributed by atoms with E-state index in [2.05, 4.69) is 0 Å². The highest BCUT2D eigenvalue weighted by Gasteiger charge is 2.37. The van der Waals surface area contributed by atoms with Crippen molar-refractivity contribution in [2.75, 3.05) is 41.1 Å². The molecule has 0 aromatic carbocycles. The van der Waals surface area contributed by atoms with E-state index in [9.17, 15) is 0 Å². The van der Waals surface area contributed by atoms with E-state index < -0.39 is 8.80 Å². The summed E-state index contributed by atoms with van der Waals surface area (Å²) in [4.78, 5) is 0. The highest BCUT2D eigenvalue weighted by Crippen LogP contribution is 2.15. The van der Waals surface area contributed by atoms with E-state index in [1.54, 1.807) is 21.3 Å². The van der Waals surface area contributed by atoms with Crippen LogP contribution in [0, 0.1) is 0 Å². The molecule has 6 heteroatoms. The molecule has 0 aliphatic heterocycles. The van der Waals surface area contributed by atoms with Crippen molar-refractivity contribution in [1.82, 2.24) is 0 Å². The zero-order valence-corrected chi connectivity index (χ0v) is 10.2. The van der Waals surface area contributed by atoms with Crippen LogP contribution < -0.4 is 5.73 Å². The Morgan fingerprint density at radius 3 is 2.14 bits per heavy atom. The predicted molar refractivity (Wildman–Crippen MR) is 56.1 cm³/mol. The van der Waals surface area contributed by atoms with Gasteiger partial charge in [0.25, 0.3) is 0 Å². The Hall–Kier alpha value is 0.0169. The van der Waals surface area contributed by atoms with Crippen LogP contribution in [0.15, 0.2) is 0 Å². The Morgan fingerprint density at radius 2 is 1.71 bits per heavy atom. The first-order chi connectivity index (χ1) is 6.74. The molecular weight excluding hydrogens is 202 g/mol. The van der Waals surface area contributed by atoms with Crippen LogP contribution in [0.25, 0.3) is 0 Å². The van der Waals surface area contributed by atoms with Crippen molar-refractivity contribution < 1.29 is 18.0 Å². The van der Waals surface area contributed by atoms with Gasteiger partial charge >= 0.3 is 8.80 Å². The summed E-state index contributed by atoms with van der Waals surface area (Å²) in [5, 5.41) is 0. The molecular formula is C8H21NO4Si. The lowest BCUT2D eigenvalue weighted by Crippen LogP contribution is -2.44. The van der Waals surface area contributed by atoms with Crippen LogP contribution in [0.1, 0.15) is 6.42 Å². The van der Waals surface area contributed by atoms with Crippen molar-refractivity contribution in [3.8, 4) is 0 Å². The Balaban J connectivity index is 3.94. The van der Waals surface area contributed by atoms with Gasteiger partial charge in [0.2, 0.25) is 0 Å². The van der Waals surface area contributed by atoms with Gasteiger partial charge in [0.05, 0.1) is 13.2 Å². The minimum atomic E-state index is -2.46. The van der Waals surface area contributed by atoms with E-state index in [-0.39, 0.29) is 0 Å². The summed E-state index contributed by atoms with van der Waals surface area (Å²) in [6.07, 6.45) is 0.848. The molecule has 0 fully saturated rings. The Morgan fingerprint density at radius 1 is 1.07 bits per heavy atom. The van der Waals surface area contributed by atoms with Gasteiger partial charge in [0.15, 0.2) is 0 Å². The zero-order chi connectivity index (χ0) is 10.9. The lowest BCUT2D eigenvalue weighted by Gasteiger charge is -2.26. The van der Waals surface area contributed by atoms with Gasteiger partial charge in [-0.05, 0) is 13.0 Å². The molecule has 2 N–H and O–H groups in total. The maximum absolute atomic E-state index is 5.58. The topological polar surface area (TPSA) is 62.9 Å². The Labute approximate surface area is 86.8 Å². The molecule has 0 aromatic rings. The maximum atomic E-state index is 5.58. The van der Waals surface area contributed by atoms with Crippen LogP contribution >= 0.6 is 0 Å². The standard InChI is InChI=1S/C8H21NO4Si/c1-10-6-7-13-14(11-2,12-3)8-4-5-9/h4-9H2,1-3H3. The van der Waals surface area contributed by atoms with E-state index >= 15 is 0 Å². The van der Waals surface area contributed by atoms with Crippen LogP contribution in [0.3, 0.4) is 0 Å². The van der Waals surface area contributed by atoms with Gasteiger partial charge in [-0.2, -0.15) is 0 Å². The van der Waals surface area contributed by atoms with Crippen molar-refractivity contribution >= 4 is 8.80 Å². The van der Waals surface area contributed by atoms with Gasteiger partial charge in [-0.15, -0.1) is 0 Å². The third-order valence-corrected chi connectivity index (χ3v) is 4.77. The molecule has 0 atom stereocenters. The second-order valence-electron chi connectivity index (χ2n) is 2.82. The molecule has 0 unspecified atom stereocenters. The van der Waals surface area contributed by atoms with Crippen LogP contribution in [-0.4, -0.2) is 49.9 Å². The van der Waals surface area contributed by atoms with Crippen molar-refractivity contribution in [2.45, 2.75) is 12.5 Å². The van der Waals surface area contributed by atoms with Crippen molar-refractivity contribution in [1.29, 1.82) is 0 Å². The van der Waals surface area contributed by atoms with Gasteiger partial charge in [-0.25, -0.2) is 0 Å². The van der Waals surface area contributed by atoms with Gasteiger partial charge < -0.3 is 23.7 Å². The summed E-state index contributed by atoms with van der Waals surface area (Å²) < 4.78 is 21.1. The summed E-state index contributed by atoms with van der Waals surface area (Å²) in [6.45, 7) is 1.66. The lowest BCUT2D eigenvalue weighted by atomic mass is 10.5. The van der Waals surface area contributed by atoms with E-state index in [1.807, 2.05) is 0 Å².